The van der Waals surface area contributed by atoms with Crippen molar-refractivity contribution >= 4 is 11.8 Å². The molecule has 0 aromatic carbocycles. The zero-order chi connectivity index (χ0) is 14.7. The maximum Gasteiger partial charge on any atom is 0.337 e. The number of fused-ring (bicyclic) bond motifs is 2. The van der Waals surface area contributed by atoms with Crippen LogP contribution in [-0.4, -0.2) is 30.1 Å². The fourth-order valence-electron chi connectivity index (χ4n) is 3.39. The van der Waals surface area contributed by atoms with Gasteiger partial charge in [-0.1, -0.05) is 13.8 Å². The van der Waals surface area contributed by atoms with Crippen molar-refractivity contribution in [3.8, 4) is 0 Å². The zero-order valence-electron chi connectivity index (χ0n) is 11.9. The number of ether oxygens (including phenoxy) is 2. The Morgan fingerprint density at radius 3 is 2.80 bits per heavy atom. The number of aliphatic hydroxyl groups excluding tert-OH is 1. The molecule has 0 saturated carbocycles. The van der Waals surface area contributed by atoms with Crippen molar-refractivity contribution in [2.24, 2.45) is 11.3 Å². The topological polar surface area (TPSA) is 72.8 Å². The lowest BCUT2D eigenvalue weighted by atomic mass is 9.74. The molecule has 0 aromatic heterocycles. The molecule has 0 amide bonds. The average Bonchev–Trinajstić information content (AvgIpc) is 2.93. The molecule has 0 unspecified atom stereocenters. The minimum Gasteiger partial charge on any atom is -0.508 e. The fraction of sp³-hybridized carbons (Fsp3) is 0.600. The van der Waals surface area contributed by atoms with Crippen LogP contribution in [0, 0.1) is 11.3 Å². The van der Waals surface area contributed by atoms with Crippen molar-refractivity contribution in [2.75, 3.05) is 7.11 Å². The van der Waals surface area contributed by atoms with Gasteiger partial charge in [0.25, 0.3) is 0 Å². The maximum absolute atomic E-state index is 12.2. The van der Waals surface area contributed by atoms with Gasteiger partial charge in [0.2, 0.25) is 0 Å². The van der Waals surface area contributed by atoms with Crippen LogP contribution in [0.25, 0.3) is 0 Å². The quantitative estimate of drug-likeness (QED) is 0.743. The van der Waals surface area contributed by atoms with Crippen LogP contribution in [-0.2, 0) is 19.1 Å². The van der Waals surface area contributed by atoms with Crippen molar-refractivity contribution in [3.63, 3.8) is 0 Å². The number of rotatable bonds is 1. The molecule has 0 bridgehead atoms. The van der Waals surface area contributed by atoms with Gasteiger partial charge >= 0.3 is 5.97 Å². The van der Waals surface area contributed by atoms with Gasteiger partial charge in [-0.05, 0) is 12.8 Å². The summed E-state index contributed by atoms with van der Waals surface area (Å²) in [5.74, 6) is -0.110. The van der Waals surface area contributed by atoms with Crippen molar-refractivity contribution in [3.05, 3.63) is 22.7 Å². The van der Waals surface area contributed by atoms with E-state index in [-0.39, 0.29) is 28.4 Å². The van der Waals surface area contributed by atoms with Crippen molar-refractivity contribution in [2.45, 2.75) is 39.2 Å². The number of ketones is 1. The number of allylic oxidation sites excluding steroid dienone is 1. The molecule has 0 radical (unpaired) electrons. The van der Waals surface area contributed by atoms with E-state index in [9.17, 15) is 14.7 Å². The molecule has 0 saturated heterocycles. The van der Waals surface area contributed by atoms with Crippen LogP contribution in [0.1, 0.15) is 33.1 Å². The average molecular weight is 278 g/mol. The summed E-state index contributed by atoms with van der Waals surface area (Å²) in [7, 11) is 1.27. The molecule has 0 aromatic rings. The van der Waals surface area contributed by atoms with E-state index >= 15 is 0 Å². The number of aliphatic hydroxyl groups is 1. The normalized spacial score (nSPS) is 31.1. The van der Waals surface area contributed by atoms with Crippen molar-refractivity contribution in [1.29, 1.82) is 0 Å². The highest BCUT2D eigenvalue weighted by molar-refractivity contribution is 5.99. The molecule has 1 N–H and O–H groups in total. The molecule has 5 heteroatoms. The Bertz CT molecular complexity index is 567. The predicted molar refractivity (Wildman–Crippen MR) is 69.7 cm³/mol. The lowest BCUT2D eigenvalue weighted by Gasteiger charge is -2.30. The first kappa shape index (κ1) is 13.2. The van der Waals surface area contributed by atoms with Gasteiger partial charge in [-0.2, -0.15) is 0 Å². The van der Waals surface area contributed by atoms with Crippen LogP contribution in [0.5, 0.6) is 0 Å². The largest absolute Gasteiger partial charge is 0.508 e. The molecule has 3 rings (SSSR count). The molecule has 108 valence electrons. The lowest BCUT2D eigenvalue weighted by molar-refractivity contribution is -0.136. The standard InChI is InChI=1S/C15H18O5/c1-15(2)5-4-9(16)10-7-6-8(14(18)19-3)11(17)12(7)20-13(10)15/h7,12,17H,4-6H2,1-3H3/t7-,12+/m0/s1. The highest BCUT2D eigenvalue weighted by atomic mass is 16.5. The van der Waals surface area contributed by atoms with Gasteiger partial charge in [-0.3, -0.25) is 4.79 Å². The van der Waals surface area contributed by atoms with E-state index in [1.165, 1.54) is 7.11 Å². The van der Waals surface area contributed by atoms with Gasteiger partial charge in [-0.25, -0.2) is 4.79 Å². The molecule has 2 aliphatic carbocycles. The maximum atomic E-state index is 12.2. The second kappa shape index (κ2) is 4.11. The summed E-state index contributed by atoms with van der Waals surface area (Å²) in [6.45, 7) is 4.08. The number of methoxy groups -OCH3 is 1. The summed E-state index contributed by atoms with van der Waals surface area (Å²) in [6, 6.07) is 0. The third-order valence-corrected chi connectivity index (χ3v) is 4.55. The first-order chi connectivity index (χ1) is 9.36. The van der Waals surface area contributed by atoms with Gasteiger partial charge in [0.15, 0.2) is 11.9 Å². The SMILES string of the molecule is COC(=O)C1=C(O)[C@@H]2OC3=C(C(=O)CCC3(C)C)[C@@H]2C1. The molecule has 5 nitrogen and oxygen atoms in total. The highest BCUT2D eigenvalue weighted by Crippen LogP contribution is 2.53. The lowest BCUT2D eigenvalue weighted by Crippen LogP contribution is -2.26. The Balaban J connectivity index is 1.98. The summed E-state index contributed by atoms with van der Waals surface area (Å²) in [5, 5.41) is 10.2. The Labute approximate surface area is 117 Å². The van der Waals surface area contributed by atoms with E-state index in [4.69, 9.17) is 4.74 Å². The van der Waals surface area contributed by atoms with E-state index < -0.39 is 12.1 Å². The zero-order valence-corrected chi connectivity index (χ0v) is 11.9. The molecule has 3 aliphatic rings. The van der Waals surface area contributed by atoms with Crippen LogP contribution in [0.15, 0.2) is 22.7 Å². The summed E-state index contributed by atoms with van der Waals surface area (Å²) in [5.41, 5.74) is 0.696. The molecule has 2 atom stereocenters. The van der Waals surface area contributed by atoms with Gasteiger partial charge in [0.1, 0.15) is 11.5 Å². The van der Waals surface area contributed by atoms with Crippen LogP contribution in [0.3, 0.4) is 0 Å². The third kappa shape index (κ3) is 1.62. The Morgan fingerprint density at radius 2 is 2.15 bits per heavy atom. The molecule has 0 spiro atoms. The second-order valence-electron chi connectivity index (χ2n) is 6.25. The highest BCUT2D eigenvalue weighted by Gasteiger charge is 2.53. The minimum atomic E-state index is -0.601. The van der Waals surface area contributed by atoms with Crippen LogP contribution >= 0.6 is 0 Å². The van der Waals surface area contributed by atoms with E-state index in [0.717, 1.165) is 6.42 Å². The number of Topliss-reactive ketones (excluding diaryl/α,β-unsaturated/α-hetero) is 1. The summed E-state index contributed by atoms with van der Waals surface area (Å²) < 4.78 is 10.5. The smallest absolute Gasteiger partial charge is 0.337 e. The van der Waals surface area contributed by atoms with Gasteiger partial charge in [0.05, 0.1) is 12.7 Å². The number of carbonyl (C=O) groups excluding carboxylic acids is 2. The Kier molecular flexibility index (Phi) is 2.71. The van der Waals surface area contributed by atoms with Crippen LogP contribution in [0.2, 0.25) is 0 Å². The van der Waals surface area contributed by atoms with E-state index in [1.807, 2.05) is 13.8 Å². The molecule has 0 fully saturated rings. The van der Waals surface area contributed by atoms with Crippen molar-refractivity contribution in [1.82, 2.24) is 0 Å². The van der Waals surface area contributed by atoms with Crippen molar-refractivity contribution < 1.29 is 24.2 Å². The second-order valence-corrected chi connectivity index (χ2v) is 6.25. The number of hydrogen-bond acceptors (Lipinski definition) is 5. The molecule has 1 aliphatic heterocycles. The minimum absolute atomic E-state index is 0.0748. The number of esters is 1. The Hall–Kier alpha value is -1.78. The monoisotopic (exact) mass is 278 g/mol. The van der Waals surface area contributed by atoms with Crippen LogP contribution < -0.4 is 0 Å². The third-order valence-electron chi connectivity index (χ3n) is 4.55. The first-order valence-corrected chi connectivity index (χ1v) is 6.81. The molecular formula is C15H18O5. The number of hydrogen-bond donors (Lipinski definition) is 1. The summed E-state index contributed by atoms with van der Waals surface area (Å²) >= 11 is 0. The Morgan fingerprint density at radius 1 is 1.45 bits per heavy atom. The molecular weight excluding hydrogens is 260 g/mol. The summed E-state index contributed by atoms with van der Waals surface area (Å²) in [6.07, 6.45) is 0.949. The van der Waals surface area contributed by atoms with Crippen LogP contribution in [0.4, 0.5) is 0 Å². The fourth-order valence-corrected chi connectivity index (χ4v) is 3.39. The summed E-state index contributed by atoms with van der Waals surface area (Å²) in [4.78, 5) is 23.8. The van der Waals surface area contributed by atoms with Gasteiger partial charge in [-0.15, -0.1) is 0 Å². The number of carbonyl (C=O) groups is 2. The molecule has 20 heavy (non-hydrogen) atoms. The predicted octanol–water partition coefficient (Wildman–Crippen LogP) is 2.03. The first-order valence-electron chi connectivity index (χ1n) is 6.81. The van der Waals surface area contributed by atoms with E-state index in [0.29, 0.717) is 24.2 Å². The van der Waals surface area contributed by atoms with E-state index in [2.05, 4.69) is 4.74 Å². The van der Waals surface area contributed by atoms with E-state index in [1.54, 1.807) is 0 Å². The molecule has 1 heterocycles. The van der Waals surface area contributed by atoms with Gasteiger partial charge in [0, 0.05) is 23.3 Å². The van der Waals surface area contributed by atoms with Gasteiger partial charge < -0.3 is 14.6 Å².